The molecular weight excluding hydrogens is 250 g/mol. The highest BCUT2D eigenvalue weighted by atomic mass is 16.5. The number of para-hydroxylation sites is 1. The van der Waals surface area contributed by atoms with Crippen LogP contribution in [0, 0.1) is 5.92 Å². The number of hydrogen-bond acceptors (Lipinski definition) is 3. The first-order valence-corrected chi connectivity index (χ1v) is 7.66. The fourth-order valence-corrected chi connectivity index (χ4v) is 2.27. The van der Waals surface area contributed by atoms with Gasteiger partial charge < -0.3 is 14.8 Å². The Morgan fingerprint density at radius 1 is 1.15 bits per heavy atom. The van der Waals surface area contributed by atoms with Crippen LogP contribution in [-0.4, -0.2) is 26.9 Å². The predicted molar refractivity (Wildman–Crippen MR) is 84.3 cm³/mol. The third-order valence-electron chi connectivity index (χ3n) is 3.62. The Kier molecular flexibility index (Phi) is 8.31. The fraction of sp³-hybridized carbons (Fsp3) is 0.647. The Hall–Kier alpha value is -1.06. The van der Waals surface area contributed by atoms with Crippen molar-refractivity contribution in [2.75, 3.05) is 26.9 Å². The van der Waals surface area contributed by atoms with E-state index in [0.717, 1.165) is 18.7 Å². The van der Waals surface area contributed by atoms with E-state index in [1.54, 1.807) is 7.11 Å². The minimum Gasteiger partial charge on any atom is -0.491 e. The van der Waals surface area contributed by atoms with E-state index in [1.807, 2.05) is 12.1 Å². The van der Waals surface area contributed by atoms with E-state index >= 15 is 0 Å². The first kappa shape index (κ1) is 17.0. The molecule has 20 heavy (non-hydrogen) atoms. The van der Waals surface area contributed by atoms with Gasteiger partial charge in [0, 0.05) is 18.7 Å². The SMILES string of the molecule is CCNC(CC(C)CC)c1ccccc1OCCOC. The third-order valence-corrected chi connectivity index (χ3v) is 3.62. The summed E-state index contributed by atoms with van der Waals surface area (Å²) in [4.78, 5) is 0. The molecule has 1 aromatic rings. The summed E-state index contributed by atoms with van der Waals surface area (Å²) in [5, 5.41) is 3.58. The molecule has 0 amide bonds. The first-order valence-electron chi connectivity index (χ1n) is 7.66. The monoisotopic (exact) mass is 279 g/mol. The molecule has 3 nitrogen and oxygen atoms in total. The van der Waals surface area contributed by atoms with Crippen molar-refractivity contribution in [3.63, 3.8) is 0 Å². The van der Waals surface area contributed by atoms with Crippen molar-refractivity contribution in [3.05, 3.63) is 29.8 Å². The topological polar surface area (TPSA) is 30.5 Å². The van der Waals surface area contributed by atoms with E-state index in [1.165, 1.54) is 12.0 Å². The molecule has 2 atom stereocenters. The van der Waals surface area contributed by atoms with Crippen LogP contribution in [0.15, 0.2) is 24.3 Å². The van der Waals surface area contributed by atoms with Crippen molar-refractivity contribution in [1.82, 2.24) is 5.32 Å². The minimum atomic E-state index is 0.355. The zero-order valence-corrected chi connectivity index (χ0v) is 13.3. The predicted octanol–water partition coefficient (Wildman–Crippen LogP) is 3.80. The van der Waals surface area contributed by atoms with Gasteiger partial charge >= 0.3 is 0 Å². The summed E-state index contributed by atoms with van der Waals surface area (Å²) in [6.45, 7) is 8.88. The number of rotatable bonds is 10. The standard InChI is InChI=1S/C17H29NO2/c1-5-14(3)13-16(18-6-2)15-9-7-8-10-17(15)20-12-11-19-4/h7-10,14,16,18H,5-6,11-13H2,1-4H3. The summed E-state index contributed by atoms with van der Waals surface area (Å²) in [5.74, 6) is 1.67. The van der Waals surface area contributed by atoms with Crippen LogP contribution in [0.4, 0.5) is 0 Å². The van der Waals surface area contributed by atoms with Gasteiger partial charge in [0.2, 0.25) is 0 Å². The zero-order chi connectivity index (χ0) is 14.8. The summed E-state index contributed by atoms with van der Waals surface area (Å²) in [5.41, 5.74) is 1.26. The van der Waals surface area contributed by atoms with E-state index in [9.17, 15) is 0 Å². The van der Waals surface area contributed by atoms with Crippen molar-refractivity contribution in [3.8, 4) is 5.75 Å². The molecule has 3 heteroatoms. The number of hydrogen-bond donors (Lipinski definition) is 1. The third kappa shape index (κ3) is 5.51. The van der Waals surface area contributed by atoms with Crippen LogP contribution in [0.2, 0.25) is 0 Å². The van der Waals surface area contributed by atoms with Crippen molar-refractivity contribution in [2.45, 2.75) is 39.7 Å². The highest BCUT2D eigenvalue weighted by molar-refractivity contribution is 5.36. The summed E-state index contributed by atoms with van der Waals surface area (Å²) in [6, 6.07) is 8.68. The van der Waals surface area contributed by atoms with Gasteiger partial charge in [0.1, 0.15) is 12.4 Å². The Morgan fingerprint density at radius 3 is 2.55 bits per heavy atom. The van der Waals surface area contributed by atoms with E-state index in [4.69, 9.17) is 9.47 Å². The maximum absolute atomic E-state index is 5.86. The molecule has 1 N–H and O–H groups in total. The van der Waals surface area contributed by atoms with E-state index in [2.05, 4.69) is 38.2 Å². The van der Waals surface area contributed by atoms with Crippen LogP contribution < -0.4 is 10.1 Å². The lowest BCUT2D eigenvalue weighted by atomic mass is 9.93. The summed E-state index contributed by atoms with van der Waals surface area (Å²) in [7, 11) is 1.69. The molecule has 1 rings (SSSR count). The van der Waals surface area contributed by atoms with Gasteiger partial charge in [-0.15, -0.1) is 0 Å². The van der Waals surface area contributed by atoms with Crippen molar-refractivity contribution in [1.29, 1.82) is 0 Å². The number of ether oxygens (including phenoxy) is 2. The van der Waals surface area contributed by atoms with Crippen LogP contribution in [0.3, 0.4) is 0 Å². The van der Waals surface area contributed by atoms with E-state index < -0.39 is 0 Å². The van der Waals surface area contributed by atoms with Crippen molar-refractivity contribution < 1.29 is 9.47 Å². The normalized spacial score (nSPS) is 14.0. The molecule has 0 aromatic heterocycles. The van der Waals surface area contributed by atoms with Gasteiger partial charge in [0.25, 0.3) is 0 Å². The Morgan fingerprint density at radius 2 is 1.90 bits per heavy atom. The van der Waals surface area contributed by atoms with E-state index in [0.29, 0.717) is 25.2 Å². The van der Waals surface area contributed by atoms with Gasteiger partial charge in [-0.1, -0.05) is 45.4 Å². The first-order chi connectivity index (χ1) is 9.72. The van der Waals surface area contributed by atoms with Crippen LogP contribution in [0.25, 0.3) is 0 Å². The lowest BCUT2D eigenvalue weighted by Crippen LogP contribution is -2.23. The second kappa shape index (κ2) is 9.78. The molecule has 0 saturated carbocycles. The second-order valence-electron chi connectivity index (χ2n) is 5.24. The molecule has 1 aromatic carbocycles. The molecule has 0 fully saturated rings. The molecule has 0 saturated heterocycles. The van der Waals surface area contributed by atoms with Crippen molar-refractivity contribution >= 4 is 0 Å². The maximum atomic E-state index is 5.86. The van der Waals surface area contributed by atoms with Crippen LogP contribution in [0.1, 0.15) is 45.2 Å². The highest BCUT2D eigenvalue weighted by Crippen LogP contribution is 2.30. The summed E-state index contributed by atoms with van der Waals surface area (Å²) < 4.78 is 10.9. The van der Waals surface area contributed by atoms with Gasteiger partial charge in [-0.2, -0.15) is 0 Å². The van der Waals surface area contributed by atoms with Crippen LogP contribution in [-0.2, 0) is 4.74 Å². The highest BCUT2D eigenvalue weighted by Gasteiger charge is 2.17. The van der Waals surface area contributed by atoms with Gasteiger partial charge in [0.05, 0.1) is 6.61 Å². The second-order valence-corrected chi connectivity index (χ2v) is 5.24. The lowest BCUT2D eigenvalue weighted by molar-refractivity contribution is 0.145. The largest absolute Gasteiger partial charge is 0.491 e. The van der Waals surface area contributed by atoms with Gasteiger partial charge in [0.15, 0.2) is 0 Å². The average molecular weight is 279 g/mol. The summed E-state index contributed by atoms with van der Waals surface area (Å²) in [6.07, 6.45) is 2.34. The molecule has 0 radical (unpaired) electrons. The molecule has 0 bridgehead atoms. The van der Waals surface area contributed by atoms with Gasteiger partial charge in [-0.3, -0.25) is 0 Å². The fourth-order valence-electron chi connectivity index (χ4n) is 2.27. The molecule has 0 spiro atoms. The minimum absolute atomic E-state index is 0.355. The van der Waals surface area contributed by atoms with E-state index in [-0.39, 0.29) is 0 Å². The van der Waals surface area contributed by atoms with Crippen LogP contribution in [0.5, 0.6) is 5.75 Å². The Bertz CT molecular complexity index is 368. The molecule has 114 valence electrons. The zero-order valence-electron chi connectivity index (χ0n) is 13.3. The molecule has 0 aliphatic heterocycles. The van der Waals surface area contributed by atoms with Crippen molar-refractivity contribution in [2.24, 2.45) is 5.92 Å². The molecule has 0 heterocycles. The number of methoxy groups -OCH3 is 1. The summed E-state index contributed by atoms with van der Waals surface area (Å²) >= 11 is 0. The molecular formula is C17H29NO2. The molecule has 0 aliphatic rings. The quantitative estimate of drug-likeness (QED) is 0.661. The van der Waals surface area contributed by atoms with Gasteiger partial charge in [-0.25, -0.2) is 0 Å². The smallest absolute Gasteiger partial charge is 0.124 e. The average Bonchev–Trinajstić information content (AvgIpc) is 2.47. The number of nitrogens with one attached hydrogen (secondary N) is 1. The Labute approximate surface area is 123 Å². The molecule has 0 aliphatic carbocycles. The maximum Gasteiger partial charge on any atom is 0.124 e. The molecule has 2 unspecified atom stereocenters. The van der Waals surface area contributed by atoms with Gasteiger partial charge in [-0.05, 0) is 24.9 Å². The van der Waals surface area contributed by atoms with Crippen LogP contribution >= 0.6 is 0 Å². The lowest BCUT2D eigenvalue weighted by Gasteiger charge is -2.24. The number of benzene rings is 1. The Balaban J connectivity index is 2.82.